The number of aromatic nitrogens is 1. The second kappa shape index (κ2) is 4.89. The van der Waals surface area contributed by atoms with E-state index < -0.39 is 12.1 Å². The highest BCUT2D eigenvalue weighted by Crippen LogP contribution is 2.20. The Bertz CT molecular complexity index is 512. The SMILES string of the molecule is N#CC1CN(c2cc(C(=O)O)c(N)cn2)CCO1. The lowest BCUT2D eigenvalue weighted by Crippen LogP contribution is -2.42. The van der Waals surface area contributed by atoms with Gasteiger partial charge in [-0.25, -0.2) is 9.78 Å². The number of nitrogen functional groups attached to an aromatic ring is 1. The van der Waals surface area contributed by atoms with Crippen molar-refractivity contribution in [1.82, 2.24) is 4.98 Å². The summed E-state index contributed by atoms with van der Waals surface area (Å²) >= 11 is 0. The summed E-state index contributed by atoms with van der Waals surface area (Å²) in [6.45, 7) is 1.34. The number of hydrogen-bond acceptors (Lipinski definition) is 6. The number of carboxylic acids is 1. The number of nitrogens with zero attached hydrogens (tertiary/aromatic N) is 3. The molecule has 7 nitrogen and oxygen atoms in total. The quantitative estimate of drug-likeness (QED) is 0.762. The Kier molecular flexibility index (Phi) is 3.30. The minimum absolute atomic E-state index is 0.0139. The van der Waals surface area contributed by atoms with Crippen molar-refractivity contribution < 1.29 is 14.6 Å². The van der Waals surface area contributed by atoms with E-state index in [0.29, 0.717) is 25.5 Å². The molecule has 7 heteroatoms. The third-order valence-corrected chi connectivity index (χ3v) is 2.69. The number of nitrogens with two attached hydrogens (primary N) is 1. The normalized spacial score (nSPS) is 19.3. The summed E-state index contributed by atoms with van der Waals surface area (Å²) in [4.78, 5) is 16.9. The number of nitriles is 1. The standard InChI is InChI=1S/C11H12N4O3/c12-4-7-6-15(1-2-18-7)10-3-8(11(16)17)9(13)5-14-10/h3,5,7H,1-2,6,13H2,(H,16,17). The van der Waals surface area contributed by atoms with Crippen LogP contribution in [-0.2, 0) is 4.74 Å². The van der Waals surface area contributed by atoms with E-state index in [1.807, 2.05) is 11.0 Å². The molecule has 94 valence electrons. The predicted molar refractivity (Wildman–Crippen MR) is 63.2 cm³/mol. The van der Waals surface area contributed by atoms with Crippen LogP contribution in [0.3, 0.4) is 0 Å². The molecule has 1 aliphatic rings. The molecule has 2 heterocycles. The Morgan fingerprint density at radius 3 is 3.17 bits per heavy atom. The maximum atomic E-state index is 11.0. The van der Waals surface area contributed by atoms with E-state index in [1.54, 1.807) is 0 Å². The smallest absolute Gasteiger partial charge is 0.337 e. The first-order chi connectivity index (χ1) is 8.61. The van der Waals surface area contributed by atoms with Crippen LogP contribution < -0.4 is 10.6 Å². The van der Waals surface area contributed by atoms with E-state index in [9.17, 15) is 4.79 Å². The second-order valence-corrected chi connectivity index (χ2v) is 3.87. The van der Waals surface area contributed by atoms with Crippen molar-refractivity contribution in [3.05, 3.63) is 17.8 Å². The average Bonchev–Trinajstić information content (AvgIpc) is 2.39. The molecule has 1 unspecified atom stereocenters. The minimum atomic E-state index is -1.10. The Morgan fingerprint density at radius 2 is 2.50 bits per heavy atom. The Hall–Kier alpha value is -2.33. The first kappa shape index (κ1) is 12.1. The fraction of sp³-hybridized carbons (Fsp3) is 0.364. The number of ether oxygens (including phenoxy) is 1. The highest BCUT2D eigenvalue weighted by atomic mass is 16.5. The summed E-state index contributed by atoms with van der Waals surface area (Å²) < 4.78 is 5.21. The van der Waals surface area contributed by atoms with E-state index in [2.05, 4.69) is 4.98 Å². The Labute approximate surface area is 103 Å². The van der Waals surface area contributed by atoms with Gasteiger partial charge in [0.1, 0.15) is 5.82 Å². The third kappa shape index (κ3) is 2.33. The molecular formula is C11H12N4O3. The van der Waals surface area contributed by atoms with Gasteiger partial charge < -0.3 is 20.5 Å². The summed E-state index contributed by atoms with van der Waals surface area (Å²) in [7, 11) is 0. The van der Waals surface area contributed by atoms with E-state index in [-0.39, 0.29) is 11.3 Å². The molecule has 0 radical (unpaired) electrons. The van der Waals surface area contributed by atoms with Gasteiger partial charge in [0.2, 0.25) is 0 Å². The van der Waals surface area contributed by atoms with Gasteiger partial charge in [-0.2, -0.15) is 5.26 Å². The van der Waals surface area contributed by atoms with E-state index in [0.717, 1.165) is 0 Å². The molecule has 0 aromatic carbocycles. The predicted octanol–water partition coefficient (Wildman–Crippen LogP) is 0.0908. The van der Waals surface area contributed by atoms with Crippen molar-refractivity contribution in [2.75, 3.05) is 30.3 Å². The summed E-state index contributed by atoms with van der Waals surface area (Å²) in [5, 5.41) is 17.8. The van der Waals surface area contributed by atoms with Crippen molar-refractivity contribution in [2.45, 2.75) is 6.10 Å². The lowest BCUT2D eigenvalue weighted by atomic mass is 10.2. The fourth-order valence-electron chi connectivity index (χ4n) is 1.75. The highest BCUT2D eigenvalue weighted by molar-refractivity contribution is 5.94. The molecule has 0 bridgehead atoms. The van der Waals surface area contributed by atoms with E-state index >= 15 is 0 Å². The van der Waals surface area contributed by atoms with Gasteiger partial charge in [0.25, 0.3) is 0 Å². The van der Waals surface area contributed by atoms with Gasteiger partial charge in [0, 0.05) is 6.54 Å². The molecule has 3 N–H and O–H groups in total. The Balaban J connectivity index is 2.26. The van der Waals surface area contributed by atoms with E-state index in [4.69, 9.17) is 20.8 Å². The molecule has 1 fully saturated rings. The van der Waals surface area contributed by atoms with Crippen molar-refractivity contribution >= 4 is 17.5 Å². The third-order valence-electron chi connectivity index (χ3n) is 2.69. The number of carbonyl (C=O) groups is 1. The van der Waals surface area contributed by atoms with Gasteiger partial charge in [0.15, 0.2) is 6.10 Å². The molecule has 1 atom stereocenters. The van der Waals surface area contributed by atoms with E-state index in [1.165, 1.54) is 12.3 Å². The lowest BCUT2D eigenvalue weighted by molar-refractivity contribution is 0.0697. The number of aromatic carboxylic acids is 1. The van der Waals surface area contributed by atoms with Crippen molar-refractivity contribution in [2.24, 2.45) is 0 Å². The molecule has 0 spiro atoms. The largest absolute Gasteiger partial charge is 0.478 e. The van der Waals surface area contributed by atoms with Gasteiger partial charge in [-0.1, -0.05) is 0 Å². The highest BCUT2D eigenvalue weighted by Gasteiger charge is 2.22. The summed E-state index contributed by atoms with van der Waals surface area (Å²) in [6, 6.07) is 3.43. The topological polar surface area (TPSA) is 112 Å². The number of hydrogen-bond donors (Lipinski definition) is 2. The first-order valence-electron chi connectivity index (χ1n) is 5.37. The van der Waals surface area contributed by atoms with Gasteiger partial charge >= 0.3 is 5.97 Å². The molecular weight excluding hydrogens is 236 g/mol. The zero-order valence-electron chi connectivity index (χ0n) is 9.54. The summed E-state index contributed by atoms with van der Waals surface area (Å²) in [5.41, 5.74) is 5.67. The average molecular weight is 248 g/mol. The van der Waals surface area contributed by atoms with Crippen LogP contribution in [0.25, 0.3) is 0 Å². The van der Waals surface area contributed by atoms with Gasteiger partial charge in [-0.15, -0.1) is 0 Å². The van der Waals surface area contributed by atoms with Gasteiger partial charge in [-0.05, 0) is 6.07 Å². The number of carboxylic acid groups (broad SMARTS) is 1. The molecule has 1 aromatic heterocycles. The first-order valence-corrected chi connectivity index (χ1v) is 5.37. The van der Waals surface area contributed by atoms with Gasteiger partial charge in [0.05, 0.1) is 36.7 Å². The van der Waals surface area contributed by atoms with Crippen LogP contribution in [0.2, 0.25) is 0 Å². The minimum Gasteiger partial charge on any atom is -0.478 e. The molecule has 0 aliphatic carbocycles. The van der Waals surface area contributed by atoms with Crippen LogP contribution in [-0.4, -0.2) is 41.9 Å². The molecule has 2 rings (SSSR count). The molecule has 1 saturated heterocycles. The summed E-state index contributed by atoms with van der Waals surface area (Å²) in [6.07, 6.45) is 0.793. The van der Waals surface area contributed by atoms with Crippen LogP contribution in [0.1, 0.15) is 10.4 Å². The van der Waals surface area contributed by atoms with Crippen molar-refractivity contribution in [3.8, 4) is 6.07 Å². The maximum absolute atomic E-state index is 11.0. The maximum Gasteiger partial charge on any atom is 0.337 e. The molecule has 0 amide bonds. The van der Waals surface area contributed by atoms with Crippen LogP contribution in [0.15, 0.2) is 12.3 Å². The monoisotopic (exact) mass is 248 g/mol. The van der Waals surface area contributed by atoms with Crippen LogP contribution in [0, 0.1) is 11.3 Å². The van der Waals surface area contributed by atoms with Crippen LogP contribution >= 0.6 is 0 Å². The van der Waals surface area contributed by atoms with Crippen molar-refractivity contribution in [3.63, 3.8) is 0 Å². The zero-order chi connectivity index (χ0) is 13.1. The number of pyridine rings is 1. The number of rotatable bonds is 2. The zero-order valence-corrected chi connectivity index (χ0v) is 9.54. The van der Waals surface area contributed by atoms with Crippen molar-refractivity contribution in [1.29, 1.82) is 5.26 Å². The van der Waals surface area contributed by atoms with Crippen LogP contribution in [0.4, 0.5) is 11.5 Å². The molecule has 1 aromatic rings. The molecule has 18 heavy (non-hydrogen) atoms. The second-order valence-electron chi connectivity index (χ2n) is 3.87. The Morgan fingerprint density at radius 1 is 1.72 bits per heavy atom. The summed E-state index contributed by atoms with van der Waals surface area (Å²) in [5.74, 6) is -0.605. The van der Waals surface area contributed by atoms with Gasteiger partial charge in [-0.3, -0.25) is 0 Å². The number of anilines is 2. The van der Waals surface area contributed by atoms with Crippen LogP contribution in [0.5, 0.6) is 0 Å². The number of morpholine rings is 1. The lowest BCUT2D eigenvalue weighted by Gasteiger charge is -2.30. The molecule has 1 aliphatic heterocycles. The molecule has 0 saturated carbocycles. The fourth-order valence-corrected chi connectivity index (χ4v) is 1.75.